The van der Waals surface area contributed by atoms with Crippen LogP contribution in [0.2, 0.25) is 0 Å². The maximum absolute atomic E-state index is 12.3. The van der Waals surface area contributed by atoms with Gasteiger partial charge in [-0.1, -0.05) is 30.7 Å². The lowest BCUT2D eigenvalue weighted by Gasteiger charge is -2.17. The smallest absolute Gasteiger partial charge is 0.223 e. The van der Waals surface area contributed by atoms with Crippen LogP contribution in [0.1, 0.15) is 24.8 Å². The van der Waals surface area contributed by atoms with Crippen molar-refractivity contribution in [1.82, 2.24) is 10.3 Å². The van der Waals surface area contributed by atoms with Gasteiger partial charge in [0.1, 0.15) is 0 Å². The zero-order chi connectivity index (χ0) is 16.1. The van der Waals surface area contributed by atoms with E-state index in [4.69, 9.17) is 5.73 Å². The molecule has 1 aromatic heterocycles. The van der Waals surface area contributed by atoms with Gasteiger partial charge in [0.25, 0.3) is 0 Å². The highest BCUT2D eigenvalue weighted by Crippen LogP contribution is 2.31. The summed E-state index contributed by atoms with van der Waals surface area (Å²) < 4.78 is 0. The molecule has 1 aliphatic carbocycles. The number of aromatic nitrogens is 1. The largest absolute Gasteiger partial charge is 0.352 e. The second kappa shape index (κ2) is 7.38. The normalized spacial score (nSPS) is 20.4. The first-order valence-corrected chi connectivity index (χ1v) is 8.25. The highest BCUT2D eigenvalue weighted by atomic mass is 16.1. The molecule has 4 heteroatoms. The molecule has 1 amide bonds. The number of carbonyl (C=O) groups excluding carboxylic acids is 1. The molecular formula is C19H23N3O. The Morgan fingerprint density at radius 1 is 1.09 bits per heavy atom. The van der Waals surface area contributed by atoms with E-state index in [9.17, 15) is 4.79 Å². The Balaban J connectivity index is 1.57. The Bertz CT molecular complexity index is 639. The maximum atomic E-state index is 12.3. The summed E-state index contributed by atoms with van der Waals surface area (Å²) in [7, 11) is 0. The Morgan fingerprint density at radius 3 is 2.48 bits per heavy atom. The van der Waals surface area contributed by atoms with Crippen molar-refractivity contribution in [2.75, 3.05) is 6.54 Å². The van der Waals surface area contributed by atoms with Gasteiger partial charge in [0.05, 0.1) is 0 Å². The summed E-state index contributed by atoms with van der Waals surface area (Å²) in [6, 6.07) is 12.3. The van der Waals surface area contributed by atoms with Crippen LogP contribution in [0.15, 0.2) is 48.8 Å². The third-order valence-corrected chi connectivity index (χ3v) is 4.73. The van der Waals surface area contributed by atoms with E-state index in [0.717, 1.165) is 36.0 Å². The number of amides is 1. The summed E-state index contributed by atoms with van der Waals surface area (Å²) in [5, 5.41) is 3.06. The number of hydrogen-bond donors (Lipinski definition) is 2. The van der Waals surface area contributed by atoms with Crippen LogP contribution < -0.4 is 11.1 Å². The van der Waals surface area contributed by atoms with Crippen LogP contribution in [-0.4, -0.2) is 17.4 Å². The van der Waals surface area contributed by atoms with E-state index in [2.05, 4.69) is 34.6 Å². The number of nitrogens with zero attached hydrogens (tertiary/aromatic N) is 1. The van der Waals surface area contributed by atoms with Gasteiger partial charge in [-0.15, -0.1) is 0 Å². The lowest BCUT2D eigenvalue weighted by Crippen LogP contribution is -2.34. The van der Waals surface area contributed by atoms with Crippen molar-refractivity contribution in [1.29, 1.82) is 0 Å². The molecule has 3 rings (SSSR count). The zero-order valence-electron chi connectivity index (χ0n) is 13.2. The molecule has 2 atom stereocenters. The van der Waals surface area contributed by atoms with Gasteiger partial charge in [-0.05, 0) is 54.1 Å². The fourth-order valence-electron chi connectivity index (χ4n) is 3.34. The van der Waals surface area contributed by atoms with Crippen molar-refractivity contribution < 1.29 is 4.79 Å². The van der Waals surface area contributed by atoms with Gasteiger partial charge in [-0.3, -0.25) is 9.78 Å². The van der Waals surface area contributed by atoms with Gasteiger partial charge >= 0.3 is 0 Å². The Kier molecular flexibility index (Phi) is 5.03. The molecule has 23 heavy (non-hydrogen) atoms. The van der Waals surface area contributed by atoms with Crippen LogP contribution in [0, 0.1) is 11.8 Å². The first-order valence-electron chi connectivity index (χ1n) is 8.25. The first-order chi connectivity index (χ1) is 11.3. The molecule has 0 saturated heterocycles. The summed E-state index contributed by atoms with van der Waals surface area (Å²) in [6.07, 6.45) is 6.74. The molecule has 0 bridgehead atoms. The molecule has 1 saturated carbocycles. The molecule has 2 aromatic rings. The third-order valence-electron chi connectivity index (χ3n) is 4.73. The van der Waals surface area contributed by atoms with Gasteiger partial charge < -0.3 is 11.1 Å². The molecular weight excluding hydrogens is 286 g/mol. The van der Waals surface area contributed by atoms with Crippen molar-refractivity contribution in [2.45, 2.75) is 25.8 Å². The molecule has 1 aromatic carbocycles. The minimum atomic E-state index is 0.0936. The van der Waals surface area contributed by atoms with Gasteiger partial charge in [0.15, 0.2) is 0 Å². The van der Waals surface area contributed by atoms with Crippen molar-refractivity contribution >= 4 is 5.91 Å². The predicted octanol–water partition coefficient (Wildman–Crippen LogP) is 2.74. The van der Waals surface area contributed by atoms with Gasteiger partial charge in [-0.2, -0.15) is 0 Å². The SMILES string of the molecule is NC[C@H]1CCC[C@H]1C(=O)NCc1ccc(-c2ccncc2)cc1. The highest BCUT2D eigenvalue weighted by molar-refractivity contribution is 5.79. The zero-order valence-corrected chi connectivity index (χ0v) is 13.2. The average Bonchev–Trinajstić information content (AvgIpc) is 3.10. The Hall–Kier alpha value is -2.20. The summed E-state index contributed by atoms with van der Waals surface area (Å²) in [6.45, 7) is 1.18. The van der Waals surface area contributed by atoms with Crippen molar-refractivity contribution in [2.24, 2.45) is 17.6 Å². The number of nitrogens with two attached hydrogens (primary N) is 1. The fraction of sp³-hybridized carbons (Fsp3) is 0.368. The van der Waals surface area contributed by atoms with E-state index < -0.39 is 0 Å². The molecule has 0 unspecified atom stereocenters. The van der Waals surface area contributed by atoms with E-state index in [1.807, 2.05) is 12.1 Å². The number of rotatable bonds is 5. The van der Waals surface area contributed by atoms with Crippen molar-refractivity contribution in [3.63, 3.8) is 0 Å². The molecule has 120 valence electrons. The maximum Gasteiger partial charge on any atom is 0.223 e. The fourth-order valence-corrected chi connectivity index (χ4v) is 3.34. The Morgan fingerprint density at radius 2 is 1.78 bits per heavy atom. The van der Waals surface area contributed by atoms with Crippen LogP contribution in [-0.2, 0) is 11.3 Å². The van der Waals surface area contributed by atoms with E-state index in [1.54, 1.807) is 12.4 Å². The van der Waals surface area contributed by atoms with Gasteiger partial charge in [0.2, 0.25) is 5.91 Å². The summed E-state index contributed by atoms with van der Waals surface area (Å²) in [5.74, 6) is 0.594. The predicted molar refractivity (Wildman–Crippen MR) is 91.4 cm³/mol. The van der Waals surface area contributed by atoms with Crippen LogP contribution in [0.25, 0.3) is 11.1 Å². The summed E-state index contributed by atoms with van der Waals surface area (Å²) >= 11 is 0. The lowest BCUT2D eigenvalue weighted by atomic mass is 9.95. The van der Waals surface area contributed by atoms with Gasteiger partial charge in [0, 0.05) is 24.9 Å². The minimum Gasteiger partial charge on any atom is -0.352 e. The topological polar surface area (TPSA) is 68.0 Å². The van der Waals surface area contributed by atoms with Crippen LogP contribution in [0.5, 0.6) is 0 Å². The quantitative estimate of drug-likeness (QED) is 0.892. The molecule has 3 N–H and O–H groups in total. The standard InChI is InChI=1S/C19H23N3O/c20-12-17-2-1-3-18(17)19(23)22-13-14-4-6-15(7-5-14)16-8-10-21-11-9-16/h4-11,17-18H,1-3,12-13,20H2,(H,22,23)/t17-,18-/m1/s1. The molecule has 0 aliphatic heterocycles. The number of nitrogens with one attached hydrogen (secondary N) is 1. The summed E-state index contributed by atoms with van der Waals surface area (Å²) in [4.78, 5) is 16.3. The van der Waals surface area contributed by atoms with Crippen molar-refractivity contribution in [3.05, 3.63) is 54.4 Å². The molecule has 1 aliphatic rings. The van der Waals surface area contributed by atoms with Crippen LogP contribution in [0.4, 0.5) is 0 Å². The highest BCUT2D eigenvalue weighted by Gasteiger charge is 2.31. The van der Waals surface area contributed by atoms with Crippen LogP contribution in [0.3, 0.4) is 0 Å². The van der Waals surface area contributed by atoms with E-state index in [-0.39, 0.29) is 11.8 Å². The van der Waals surface area contributed by atoms with E-state index in [1.165, 1.54) is 0 Å². The minimum absolute atomic E-state index is 0.0936. The van der Waals surface area contributed by atoms with Crippen LogP contribution >= 0.6 is 0 Å². The second-order valence-electron chi connectivity index (χ2n) is 6.18. The number of pyridine rings is 1. The van der Waals surface area contributed by atoms with E-state index >= 15 is 0 Å². The summed E-state index contributed by atoms with van der Waals surface area (Å²) in [5.41, 5.74) is 9.17. The van der Waals surface area contributed by atoms with Crippen molar-refractivity contribution in [3.8, 4) is 11.1 Å². The molecule has 0 spiro atoms. The monoisotopic (exact) mass is 309 g/mol. The van der Waals surface area contributed by atoms with Gasteiger partial charge in [-0.25, -0.2) is 0 Å². The first kappa shape index (κ1) is 15.7. The molecule has 0 radical (unpaired) electrons. The average molecular weight is 309 g/mol. The number of hydrogen-bond acceptors (Lipinski definition) is 3. The molecule has 4 nitrogen and oxygen atoms in total. The number of benzene rings is 1. The molecule has 1 heterocycles. The number of carbonyl (C=O) groups is 1. The Labute approximate surface area is 137 Å². The second-order valence-corrected chi connectivity index (χ2v) is 6.18. The van der Waals surface area contributed by atoms with E-state index in [0.29, 0.717) is 19.0 Å². The lowest BCUT2D eigenvalue weighted by molar-refractivity contribution is -0.126. The third kappa shape index (κ3) is 3.77. The molecule has 1 fully saturated rings.